The quantitative estimate of drug-likeness (QED) is 0.0262. The van der Waals surface area contributed by atoms with Crippen molar-refractivity contribution in [2.45, 2.75) is 232 Å². The third kappa shape index (κ3) is 56.1. The molecule has 0 bridgehead atoms. The molecule has 0 rings (SSSR count). The Bertz CT molecular complexity index is 1590. The molecule has 0 spiro atoms. The molecule has 0 N–H and O–H groups in total. The lowest BCUT2D eigenvalue weighted by Crippen LogP contribution is -2.30. The zero-order chi connectivity index (χ0) is 51.4. The first-order chi connectivity index (χ1) is 35.0. The Morgan fingerprint density at radius 1 is 0.296 bits per heavy atom. The summed E-state index contributed by atoms with van der Waals surface area (Å²) in [4.78, 5) is 38.1. The summed E-state index contributed by atoms with van der Waals surface area (Å²) in [5, 5.41) is 0. The summed E-state index contributed by atoms with van der Waals surface area (Å²) in [7, 11) is 0. The van der Waals surface area contributed by atoms with Crippen LogP contribution in [0.4, 0.5) is 0 Å². The number of carbonyl (C=O) groups is 3. The number of esters is 3. The van der Waals surface area contributed by atoms with Gasteiger partial charge >= 0.3 is 17.9 Å². The molecule has 0 aromatic rings. The van der Waals surface area contributed by atoms with E-state index in [2.05, 4.69) is 167 Å². The van der Waals surface area contributed by atoms with Gasteiger partial charge in [0.15, 0.2) is 6.10 Å². The third-order valence-corrected chi connectivity index (χ3v) is 11.3. The van der Waals surface area contributed by atoms with Gasteiger partial charge in [-0.2, -0.15) is 0 Å². The van der Waals surface area contributed by atoms with Crippen molar-refractivity contribution in [1.82, 2.24) is 0 Å². The average Bonchev–Trinajstić information content (AvgIpc) is 3.37. The van der Waals surface area contributed by atoms with E-state index in [1.54, 1.807) is 0 Å². The SMILES string of the molecule is CC/C=C\C/C=C\C/C=C\C/C=C\C/C=C\CCCC(=O)O[C@H](COC(=O)CCCCC/C=C\C/C=C\C/C=C\C/C=C\CCCCC)COC(=O)CCCCCC/C=C\C/C=C\C/C=C\CCCCC. The molecule has 0 aromatic carbocycles. The Labute approximate surface area is 436 Å². The van der Waals surface area contributed by atoms with E-state index in [0.717, 1.165) is 128 Å². The Morgan fingerprint density at radius 2 is 0.563 bits per heavy atom. The van der Waals surface area contributed by atoms with Gasteiger partial charge in [-0.1, -0.05) is 212 Å². The number of rotatable bonds is 49. The van der Waals surface area contributed by atoms with Gasteiger partial charge in [0.1, 0.15) is 13.2 Å². The maximum Gasteiger partial charge on any atom is 0.306 e. The van der Waals surface area contributed by atoms with Crippen molar-refractivity contribution in [1.29, 1.82) is 0 Å². The second-order valence-corrected chi connectivity index (χ2v) is 18.1. The van der Waals surface area contributed by atoms with Crippen molar-refractivity contribution >= 4 is 17.9 Å². The van der Waals surface area contributed by atoms with Crippen molar-refractivity contribution in [3.8, 4) is 0 Å². The molecule has 0 radical (unpaired) electrons. The van der Waals surface area contributed by atoms with E-state index in [9.17, 15) is 14.4 Å². The summed E-state index contributed by atoms with van der Waals surface area (Å²) in [5.41, 5.74) is 0. The van der Waals surface area contributed by atoms with Crippen LogP contribution in [-0.2, 0) is 28.6 Å². The first-order valence-electron chi connectivity index (χ1n) is 28.3. The predicted octanol–water partition coefficient (Wildman–Crippen LogP) is 19.2. The lowest BCUT2D eigenvalue weighted by atomic mass is 10.1. The highest BCUT2D eigenvalue weighted by molar-refractivity contribution is 5.71. The summed E-state index contributed by atoms with van der Waals surface area (Å²) >= 11 is 0. The first-order valence-corrected chi connectivity index (χ1v) is 28.3. The van der Waals surface area contributed by atoms with Crippen molar-refractivity contribution in [2.75, 3.05) is 13.2 Å². The summed E-state index contributed by atoms with van der Waals surface area (Å²) in [6.07, 6.45) is 82.6. The molecule has 6 nitrogen and oxygen atoms in total. The Balaban J connectivity index is 4.61. The number of unbranched alkanes of at least 4 members (excludes halogenated alkanes) is 14. The van der Waals surface area contributed by atoms with Crippen molar-refractivity contribution < 1.29 is 28.6 Å². The molecule has 6 heteroatoms. The van der Waals surface area contributed by atoms with E-state index >= 15 is 0 Å². The van der Waals surface area contributed by atoms with Crippen LogP contribution in [0.1, 0.15) is 226 Å². The van der Waals surface area contributed by atoms with Gasteiger partial charge in [-0.05, 0) is 141 Å². The topological polar surface area (TPSA) is 78.9 Å². The van der Waals surface area contributed by atoms with Crippen LogP contribution in [0, 0.1) is 0 Å². The molecule has 0 fully saturated rings. The van der Waals surface area contributed by atoms with Crippen LogP contribution in [0.25, 0.3) is 0 Å². The molecule has 0 heterocycles. The van der Waals surface area contributed by atoms with Crippen LogP contribution in [0.2, 0.25) is 0 Å². The van der Waals surface area contributed by atoms with Gasteiger partial charge in [0.05, 0.1) is 0 Å². The smallest absolute Gasteiger partial charge is 0.306 e. The van der Waals surface area contributed by atoms with Crippen LogP contribution in [0.15, 0.2) is 146 Å². The first kappa shape index (κ1) is 66.3. The fourth-order valence-corrected chi connectivity index (χ4v) is 7.05. The monoisotopic (exact) mass is 979 g/mol. The van der Waals surface area contributed by atoms with Gasteiger partial charge in [0.2, 0.25) is 0 Å². The van der Waals surface area contributed by atoms with Gasteiger partial charge in [-0.3, -0.25) is 14.4 Å². The molecule has 0 saturated heterocycles. The van der Waals surface area contributed by atoms with Crippen LogP contribution in [0.3, 0.4) is 0 Å². The van der Waals surface area contributed by atoms with Crippen LogP contribution in [0.5, 0.6) is 0 Å². The minimum absolute atomic E-state index is 0.129. The summed E-state index contributed by atoms with van der Waals surface area (Å²) in [5.74, 6) is -1.05. The molecule has 0 unspecified atom stereocenters. The largest absolute Gasteiger partial charge is 0.462 e. The van der Waals surface area contributed by atoms with Crippen LogP contribution in [-0.4, -0.2) is 37.2 Å². The Morgan fingerprint density at radius 3 is 0.901 bits per heavy atom. The van der Waals surface area contributed by atoms with Crippen molar-refractivity contribution in [3.63, 3.8) is 0 Å². The standard InChI is InChI=1S/C65H102O6/c1-4-7-10-13-16-19-22-25-28-31-32-35-37-40-43-46-49-52-55-58-64(67)70-61-62(71-65(68)59-56-53-50-47-44-41-38-34-30-27-24-21-18-15-12-9-6-3)60-69-63(66)57-54-51-48-45-42-39-36-33-29-26-23-20-17-14-11-8-5-2/h9,12,16-21,25-30,32,35-36,38-41,43,47,50,62H,4-8,10-11,13-15,22-24,31,33-34,37,42,44-46,48-49,51-61H2,1-3H3/b12-9-,19-16-,20-17-,21-18-,28-25-,29-26-,30-27-,35-32-,39-36-,41-38-,43-40-,50-47-/t62-/m0/s1. The van der Waals surface area contributed by atoms with Crippen molar-refractivity contribution in [3.05, 3.63) is 146 Å². The zero-order valence-electron chi connectivity index (χ0n) is 45.4. The molecular formula is C65H102O6. The molecule has 0 amide bonds. The van der Waals surface area contributed by atoms with Gasteiger partial charge in [0, 0.05) is 19.3 Å². The minimum atomic E-state index is -0.838. The van der Waals surface area contributed by atoms with E-state index in [-0.39, 0.29) is 37.5 Å². The second-order valence-electron chi connectivity index (χ2n) is 18.1. The Hall–Kier alpha value is -4.71. The van der Waals surface area contributed by atoms with Gasteiger partial charge in [-0.25, -0.2) is 0 Å². The molecule has 0 aromatic heterocycles. The molecule has 0 saturated carbocycles. The van der Waals surface area contributed by atoms with E-state index in [1.807, 2.05) is 0 Å². The molecule has 71 heavy (non-hydrogen) atoms. The average molecular weight is 980 g/mol. The highest BCUT2D eigenvalue weighted by Crippen LogP contribution is 2.11. The number of hydrogen-bond acceptors (Lipinski definition) is 6. The summed E-state index contributed by atoms with van der Waals surface area (Å²) in [6.45, 7) is 6.36. The third-order valence-electron chi connectivity index (χ3n) is 11.3. The van der Waals surface area contributed by atoms with E-state index in [0.29, 0.717) is 19.3 Å². The fourth-order valence-electron chi connectivity index (χ4n) is 7.05. The Kier molecular flexibility index (Phi) is 54.0. The number of ether oxygens (including phenoxy) is 3. The molecule has 0 aliphatic rings. The van der Waals surface area contributed by atoms with E-state index < -0.39 is 6.10 Å². The number of allylic oxidation sites excluding steroid dienone is 24. The highest BCUT2D eigenvalue weighted by atomic mass is 16.6. The predicted molar refractivity (Wildman–Crippen MR) is 306 cm³/mol. The number of carbonyl (C=O) groups excluding carboxylic acids is 3. The lowest BCUT2D eigenvalue weighted by Gasteiger charge is -2.18. The van der Waals surface area contributed by atoms with E-state index in [1.165, 1.54) is 51.4 Å². The van der Waals surface area contributed by atoms with Gasteiger partial charge in [0.25, 0.3) is 0 Å². The van der Waals surface area contributed by atoms with Crippen LogP contribution >= 0.6 is 0 Å². The van der Waals surface area contributed by atoms with Crippen LogP contribution < -0.4 is 0 Å². The lowest BCUT2D eigenvalue weighted by molar-refractivity contribution is -0.167. The van der Waals surface area contributed by atoms with Crippen molar-refractivity contribution in [2.24, 2.45) is 0 Å². The number of hydrogen-bond donors (Lipinski definition) is 0. The molecule has 398 valence electrons. The van der Waals surface area contributed by atoms with E-state index in [4.69, 9.17) is 14.2 Å². The fraction of sp³-hybridized carbons (Fsp3) is 0.585. The maximum atomic E-state index is 12.8. The summed E-state index contributed by atoms with van der Waals surface area (Å²) < 4.78 is 16.8. The molecule has 1 atom stereocenters. The second kappa shape index (κ2) is 57.9. The minimum Gasteiger partial charge on any atom is -0.462 e. The molecule has 0 aliphatic heterocycles. The normalized spacial score (nSPS) is 13.2. The highest BCUT2D eigenvalue weighted by Gasteiger charge is 2.19. The zero-order valence-corrected chi connectivity index (χ0v) is 45.4. The summed E-state index contributed by atoms with van der Waals surface area (Å²) in [6, 6.07) is 0. The molecular weight excluding hydrogens is 877 g/mol. The maximum absolute atomic E-state index is 12.8. The van der Waals surface area contributed by atoms with Gasteiger partial charge < -0.3 is 14.2 Å². The molecule has 0 aliphatic carbocycles. The van der Waals surface area contributed by atoms with Gasteiger partial charge in [-0.15, -0.1) is 0 Å².